The molecule has 1 fully saturated rings. The second-order valence-corrected chi connectivity index (χ2v) is 7.30. The lowest BCUT2D eigenvalue weighted by Gasteiger charge is -2.32. The zero-order valence-corrected chi connectivity index (χ0v) is 20.5. The monoisotopic (exact) mass is 507 g/mol. The molecule has 0 radical (unpaired) electrons. The minimum absolute atomic E-state index is 0. The van der Waals surface area contributed by atoms with Crippen molar-refractivity contribution in [3.05, 3.63) is 25.3 Å². The molecule has 1 heterocycles. The quantitative estimate of drug-likeness (QED) is 0.132. The molecular formula is C21H42IN5O. The molecule has 1 saturated heterocycles. The zero-order valence-electron chi connectivity index (χ0n) is 18.2. The highest BCUT2D eigenvalue weighted by Gasteiger charge is 2.20. The van der Waals surface area contributed by atoms with Gasteiger partial charge in [-0.1, -0.05) is 26.0 Å². The van der Waals surface area contributed by atoms with Crippen LogP contribution in [0.1, 0.15) is 27.2 Å². The van der Waals surface area contributed by atoms with Crippen molar-refractivity contribution in [2.75, 3.05) is 65.6 Å². The first-order chi connectivity index (χ1) is 13.1. The van der Waals surface area contributed by atoms with E-state index in [2.05, 4.69) is 54.4 Å². The highest BCUT2D eigenvalue weighted by atomic mass is 127. The molecule has 1 atom stereocenters. The fourth-order valence-electron chi connectivity index (χ4n) is 3.29. The van der Waals surface area contributed by atoms with E-state index >= 15 is 0 Å². The van der Waals surface area contributed by atoms with E-state index in [1.807, 2.05) is 12.2 Å². The van der Waals surface area contributed by atoms with Gasteiger partial charge < -0.3 is 15.4 Å². The van der Waals surface area contributed by atoms with Crippen molar-refractivity contribution < 1.29 is 4.74 Å². The van der Waals surface area contributed by atoms with Crippen molar-refractivity contribution in [2.24, 2.45) is 10.9 Å². The van der Waals surface area contributed by atoms with Gasteiger partial charge in [0.05, 0.1) is 19.8 Å². The van der Waals surface area contributed by atoms with Gasteiger partial charge in [-0.25, -0.2) is 0 Å². The number of aliphatic imine (C=N–C) groups is 1. The summed E-state index contributed by atoms with van der Waals surface area (Å²) >= 11 is 0. The second kappa shape index (κ2) is 17.2. The Morgan fingerprint density at radius 3 is 2.36 bits per heavy atom. The summed E-state index contributed by atoms with van der Waals surface area (Å²) in [7, 11) is 0. The molecule has 28 heavy (non-hydrogen) atoms. The van der Waals surface area contributed by atoms with Gasteiger partial charge in [-0.15, -0.1) is 37.1 Å². The maximum atomic E-state index is 5.40. The second-order valence-electron chi connectivity index (χ2n) is 7.30. The highest BCUT2D eigenvalue weighted by molar-refractivity contribution is 14.0. The summed E-state index contributed by atoms with van der Waals surface area (Å²) in [5, 5.41) is 6.84. The van der Waals surface area contributed by atoms with Crippen molar-refractivity contribution in [1.82, 2.24) is 20.4 Å². The first kappa shape index (κ1) is 27.4. The van der Waals surface area contributed by atoms with Gasteiger partial charge in [0.25, 0.3) is 0 Å². The minimum atomic E-state index is 0. The number of ether oxygens (including phenoxy) is 1. The number of hydrogen-bond acceptors (Lipinski definition) is 4. The van der Waals surface area contributed by atoms with Crippen LogP contribution < -0.4 is 10.6 Å². The summed E-state index contributed by atoms with van der Waals surface area (Å²) in [5.74, 6) is 1.42. The Labute approximate surface area is 189 Å². The molecule has 164 valence electrons. The zero-order chi connectivity index (χ0) is 19.9. The van der Waals surface area contributed by atoms with Gasteiger partial charge in [-0.2, -0.15) is 0 Å². The smallest absolute Gasteiger partial charge is 0.191 e. The predicted octanol–water partition coefficient (Wildman–Crippen LogP) is 2.58. The van der Waals surface area contributed by atoms with Crippen LogP contribution in [0.15, 0.2) is 30.3 Å². The van der Waals surface area contributed by atoms with Gasteiger partial charge in [0.15, 0.2) is 5.96 Å². The van der Waals surface area contributed by atoms with Gasteiger partial charge in [0.2, 0.25) is 0 Å². The molecule has 1 aliphatic heterocycles. The van der Waals surface area contributed by atoms with E-state index in [1.165, 1.54) is 0 Å². The van der Waals surface area contributed by atoms with Crippen LogP contribution in [-0.4, -0.2) is 87.4 Å². The Morgan fingerprint density at radius 1 is 1.18 bits per heavy atom. The Morgan fingerprint density at radius 2 is 1.82 bits per heavy atom. The largest absolute Gasteiger partial charge is 0.379 e. The Hall–Kier alpha value is -0.640. The minimum Gasteiger partial charge on any atom is -0.379 e. The van der Waals surface area contributed by atoms with Crippen LogP contribution in [0.3, 0.4) is 0 Å². The van der Waals surface area contributed by atoms with Crippen LogP contribution in [0.4, 0.5) is 0 Å². The SMILES string of the molecule is C=CCN(CC=C)C(CN=C(NCC)NCCCN1CCOCC1)C(C)C.I. The van der Waals surface area contributed by atoms with Crippen molar-refractivity contribution in [3.63, 3.8) is 0 Å². The molecule has 1 rings (SSSR count). The normalized spacial score (nSPS) is 16.5. The van der Waals surface area contributed by atoms with E-state index in [9.17, 15) is 0 Å². The fraction of sp³-hybridized carbons (Fsp3) is 0.762. The molecule has 7 heteroatoms. The van der Waals surface area contributed by atoms with Crippen LogP contribution in [0.5, 0.6) is 0 Å². The molecular weight excluding hydrogens is 465 g/mol. The molecule has 0 aromatic heterocycles. The lowest BCUT2D eigenvalue weighted by atomic mass is 10.0. The molecule has 0 aromatic rings. The van der Waals surface area contributed by atoms with E-state index in [0.717, 1.165) is 78.0 Å². The molecule has 0 saturated carbocycles. The van der Waals surface area contributed by atoms with Crippen LogP contribution in [0, 0.1) is 5.92 Å². The fourth-order valence-corrected chi connectivity index (χ4v) is 3.29. The van der Waals surface area contributed by atoms with E-state index in [-0.39, 0.29) is 24.0 Å². The van der Waals surface area contributed by atoms with E-state index in [0.29, 0.717) is 12.0 Å². The van der Waals surface area contributed by atoms with Gasteiger partial charge in [-0.3, -0.25) is 14.8 Å². The Balaban J connectivity index is 0.00000729. The number of morpholine rings is 1. The van der Waals surface area contributed by atoms with Crippen molar-refractivity contribution >= 4 is 29.9 Å². The lowest BCUT2D eigenvalue weighted by Crippen LogP contribution is -2.44. The third kappa shape index (κ3) is 11.4. The number of nitrogens with one attached hydrogen (secondary N) is 2. The molecule has 6 nitrogen and oxygen atoms in total. The number of hydrogen-bond donors (Lipinski definition) is 2. The maximum Gasteiger partial charge on any atom is 0.191 e. The molecule has 0 aliphatic carbocycles. The van der Waals surface area contributed by atoms with Crippen molar-refractivity contribution in [2.45, 2.75) is 33.2 Å². The van der Waals surface area contributed by atoms with Crippen molar-refractivity contribution in [1.29, 1.82) is 0 Å². The van der Waals surface area contributed by atoms with Crippen LogP contribution in [-0.2, 0) is 4.74 Å². The van der Waals surface area contributed by atoms with Crippen molar-refractivity contribution in [3.8, 4) is 0 Å². The third-order valence-electron chi connectivity index (χ3n) is 4.79. The summed E-state index contributed by atoms with van der Waals surface area (Å²) in [4.78, 5) is 9.71. The van der Waals surface area contributed by atoms with Crippen LogP contribution >= 0.6 is 24.0 Å². The first-order valence-electron chi connectivity index (χ1n) is 10.4. The maximum absolute atomic E-state index is 5.40. The first-order valence-corrected chi connectivity index (χ1v) is 10.4. The Bertz CT molecular complexity index is 429. The number of rotatable bonds is 13. The summed E-state index contributed by atoms with van der Waals surface area (Å²) in [5.41, 5.74) is 0. The molecule has 2 N–H and O–H groups in total. The predicted molar refractivity (Wildman–Crippen MR) is 132 cm³/mol. The highest BCUT2D eigenvalue weighted by Crippen LogP contribution is 2.11. The van der Waals surface area contributed by atoms with Gasteiger partial charge >= 0.3 is 0 Å². The molecule has 0 aromatic carbocycles. The summed E-state index contributed by atoms with van der Waals surface area (Å²) in [6, 6.07) is 0.366. The number of guanidine groups is 1. The molecule has 0 bridgehead atoms. The summed E-state index contributed by atoms with van der Waals surface area (Å²) in [6.07, 6.45) is 5.02. The summed E-state index contributed by atoms with van der Waals surface area (Å²) in [6.45, 7) is 23.6. The molecule has 1 aliphatic rings. The average Bonchev–Trinajstić information content (AvgIpc) is 2.66. The lowest BCUT2D eigenvalue weighted by molar-refractivity contribution is 0.0376. The molecule has 0 spiro atoms. The van der Waals surface area contributed by atoms with Gasteiger partial charge in [-0.05, 0) is 25.8 Å². The van der Waals surface area contributed by atoms with E-state index in [1.54, 1.807) is 0 Å². The van der Waals surface area contributed by atoms with Gasteiger partial charge in [0, 0.05) is 45.3 Å². The van der Waals surface area contributed by atoms with Crippen LogP contribution in [0.2, 0.25) is 0 Å². The summed E-state index contributed by atoms with van der Waals surface area (Å²) < 4.78 is 5.40. The Kier molecular flexibility index (Phi) is 16.8. The molecule has 0 amide bonds. The third-order valence-corrected chi connectivity index (χ3v) is 4.79. The van der Waals surface area contributed by atoms with E-state index < -0.39 is 0 Å². The standard InChI is InChI=1S/C21H41N5O.HI/c1-6-11-26(12-7-2)20(19(4)5)18-24-21(22-8-3)23-10-9-13-25-14-16-27-17-15-25;/h6-7,19-20H,1-2,8-18H2,3-5H3,(H2,22,23,24);1H. The number of nitrogens with zero attached hydrogens (tertiary/aromatic N) is 3. The molecule has 1 unspecified atom stereocenters. The van der Waals surface area contributed by atoms with Gasteiger partial charge in [0.1, 0.15) is 0 Å². The van der Waals surface area contributed by atoms with Crippen LogP contribution in [0.25, 0.3) is 0 Å². The number of halogens is 1. The van der Waals surface area contributed by atoms with E-state index in [4.69, 9.17) is 9.73 Å². The average molecular weight is 508 g/mol. The topological polar surface area (TPSA) is 52.1 Å².